The molecule has 0 bridgehead atoms. The van der Waals surface area contributed by atoms with E-state index in [1.54, 1.807) is 13.3 Å². The molecule has 2 N–H and O–H groups in total. The maximum Gasteiger partial charge on any atom is 0.0931 e. The van der Waals surface area contributed by atoms with Gasteiger partial charge in [-0.1, -0.05) is 12.1 Å². The van der Waals surface area contributed by atoms with Crippen molar-refractivity contribution in [3.63, 3.8) is 0 Å². The summed E-state index contributed by atoms with van der Waals surface area (Å²) in [4.78, 5) is 7.47. The molecule has 0 saturated heterocycles. The number of hydrogen-bond donors (Lipinski definition) is 2. The number of H-pyrrole nitrogens is 1. The lowest BCUT2D eigenvalue weighted by Crippen LogP contribution is -1.93. The number of aromatic amines is 1. The third kappa shape index (κ3) is 2.82. The van der Waals surface area contributed by atoms with Gasteiger partial charge >= 0.3 is 0 Å². The van der Waals surface area contributed by atoms with Crippen molar-refractivity contribution in [3.05, 3.63) is 42.0 Å². The predicted molar refractivity (Wildman–Crippen MR) is 94.8 cm³/mol. The van der Waals surface area contributed by atoms with Crippen molar-refractivity contribution in [1.82, 2.24) is 19.7 Å². The Labute approximate surface area is 135 Å². The van der Waals surface area contributed by atoms with Crippen LogP contribution in [-0.2, 0) is 13.0 Å². The summed E-state index contributed by atoms with van der Waals surface area (Å²) in [5.41, 5.74) is 7.00. The monoisotopic (exact) mass is 307 g/mol. The minimum absolute atomic E-state index is 1.00. The zero-order valence-electron chi connectivity index (χ0n) is 13.5. The molecule has 0 amide bonds. The van der Waals surface area contributed by atoms with Crippen LogP contribution >= 0.6 is 0 Å². The summed E-state index contributed by atoms with van der Waals surface area (Å²) in [6.45, 7) is 4.73. The van der Waals surface area contributed by atoms with E-state index in [1.807, 2.05) is 6.92 Å². The fraction of sp³-hybridized carbons (Fsp3) is 0.278. The average Bonchev–Trinajstić information content (AvgIpc) is 3.22. The smallest absolute Gasteiger partial charge is 0.0931 e. The zero-order valence-corrected chi connectivity index (χ0v) is 13.5. The van der Waals surface area contributed by atoms with Crippen LogP contribution in [0.5, 0.6) is 0 Å². The second kappa shape index (κ2) is 6.60. The van der Waals surface area contributed by atoms with E-state index in [-0.39, 0.29) is 0 Å². The molecule has 5 nitrogen and oxygen atoms in total. The largest absolute Gasteiger partial charge is 0.345 e. The lowest BCUT2D eigenvalue weighted by atomic mass is 10.0. The topological polar surface area (TPSA) is 70.3 Å². The molecule has 23 heavy (non-hydrogen) atoms. The highest BCUT2D eigenvalue weighted by Gasteiger charge is 2.21. The number of allylic oxidation sites excluding steroid dienone is 1. The molecule has 0 atom stereocenters. The van der Waals surface area contributed by atoms with Crippen LogP contribution in [-0.4, -0.2) is 26.0 Å². The minimum Gasteiger partial charge on any atom is -0.345 e. The number of fused-ring (bicyclic) bond motifs is 2. The van der Waals surface area contributed by atoms with Crippen molar-refractivity contribution in [1.29, 1.82) is 5.41 Å². The predicted octanol–water partition coefficient (Wildman–Crippen LogP) is 4.06. The van der Waals surface area contributed by atoms with Crippen molar-refractivity contribution in [3.8, 4) is 11.1 Å². The lowest BCUT2D eigenvalue weighted by molar-refractivity contribution is 0.655. The molecule has 5 heteroatoms. The van der Waals surface area contributed by atoms with Gasteiger partial charge in [-0.25, -0.2) is 4.98 Å². The summed E-state index contributed by atoms with van der Waals surface area (Å²) in [7, 11) is 0. The first-order valence-electron chi connectivity index (χ1n) is 7.89. The molecule has 3 heterocycles. The summed E-state index contributed by atoms with van der Waals surface area (Å²) < 4.78 is 2.15. The maximum absolute atomic E-state index is 6.08. The number of nitrogens with one attached hydrogen (secondary N) is 2. The van der Waals surface area contributed by atoms with Crippen LogP contribution in [0.4, 0.5) is 0 Å². The molecule has 0 saturated carbocycles. The first kappa shape index (κ1) is 15.2. The molecule has 1 aliphatic rings. The van der Waals surface area contributed by atoms with Gasteiger partial charge in [0.15, 0.2) is 0 Å². The molecule has 0 spiro atoms. The van der Waals surface area contributed by atoms with Crippen molar-refractivity contribution in [2.45, 2.75) is 33.2 Å². The van der Waals surface area contributed by atoms with Crippen LogP contribution in [0.1, 0.15) is 31.7 Å². The standard InChI is InChI=1S/C16H16N4.C2H5N/c1-2-4-13-16(15-5-3-8-20(15)19-13)11-6-7-12-14(9-11)18-10-17-12;1-2-3/h2,4,6-7,9-10H,3,5,8H2,1H3,(H,17,18);2-3H,1H3/b4-2+;. The first-order chi connectivity index (χ1) is 11.3. The van der Waals surface area contributed by atoms with Gasteiger partial charge in [0.1, 0.15) is 0 Å². The van der Waals surface area contributed by atoms with Gasteiger partial charge in [-0.15, -0.1) is 0 Å². The molecular weight excluding hydrogens is 286 g/mol. The third-order valence-electron chi connectivity index (χ3n) is 3.90. The quantitative estimate of drug-likeness (QED) is 0.701. The molecule has 1 aliphatic heterocycles. The van der Waals surface area contributed by atoms with E-state index in [0.717, 1.165) is 29.7 Å². The Balaban J connectivity index is 0.000000485. The number of imidazole rings is 1. The second-order valence-electron chi connectivity index (χ2n) is 5.46. The number of aryl methyl sites for hydroxylation is 1. The van der Waals surface area contributed by atoms with Gasteiger partial charge in [-0.05, 0) is 56.7 Å². The average molecular weight is 307 g/mol. The van der Waals surface area contributed by atoms with E-state index in [9.17, 15) is 0 Å². The van der Waals surface area contributed by atoms with Crippen molar-refractivity contribution < 1.29 is 0 Å². The Kier molecular flexibility index (Phi) is 4.37. The van der Waals surface area contributed by atoms with E-state index in [0.29, 0.717) is 0 Å². The number of hydrogen-bond acceptors (Lipinski definition) is 3. The molecule has 0 fully saturated rings. The molecule has 3 aromatic rings. The summed E-state index contributed by atoms with van der Waals surface area (Å²) in [5.74, 6) is 0. The maximum atomic E-state index is 6.08. The van der Waals surface area contributed by atoms with Crippen molar-refractivity contribution in [2.75, 3.05) is 0 Å². The molecule has 4 rings (SSSR count). The van der Waals surface area contributed by atoms with Gasteiger partial charge in [-0.3, -0.25) is 4.68 Å². The fourth-order valence-electron chi connectivity index (χ4n) is 3.03. The van der Waals surface area contributed by atoms with Crippen molar-refractivity contribution in [2.24, 2.45) is 0 Å². The van der Waals surface area contributed by atoms with Crippen molar-refractivity contribution >= 4 is 23.3 Å². The van der Waals surface area contributed by atoms with Gasteiger partial charge in [0.25, 0.3) is 0 Å². The number of benzene rings is 1. The highest BCUT2D eigenvalue weighted by atomic mass is 15.3. The highest BCUT2D eigenvalue weighted by Crippen LogP contribution is 2.33. The molecule has 0 unspecified atom stereocenters. The summed E-state index contributed by atoms with van der Waals surface area (Å²) in [6.07, 6.45) is 9.44. The van der Waals surface area contributed by atoms with Crippen LogP contribution in [0.2, 0.25) is 0 Å². The second-order valence-corrected chi connectivity index (χ2v) is 5.46. The normalized spacial score (nSPS) is 13.1. The van der Waals surface area contributed by atoms with E-state index < -0.39 is 0 Å². The Morgan fingerprint density at radius 2 is 2.13 bits per heavy atom. The van der Waals surface area contributed by atoms with Crippen LogP contribution < -0.4 is 0 Å². The number of nitrogens with zero attached hydrogens (tertiary/aromatic N) is 3. The molecule has 0 radical (unpaired) electrons. The Bertz CT molecular complexity index is 854. The molecule has 118 valence electrons. The fourth-order valence-corrected chi connectivity index (χ4v) is 3.03. The first-order valence-corrected chi connectivity index (χ1v) is 7.89. The minimum atomic E-state index is 1.00. The van der Waals surface area contributed by atoms with Crippen LogP contribution in [0, 0.1) is 5.41 Å². The van der Waals surface area contributed by atoms with Gasteiger partial charge in [0.05, 0.1) is 23.1 Å². The van der Waals surface area contributed by atoms with E-state index in [4.69, 9.17) is 10.5 Å². The summed E-state index contributed by atoms with van der Waals surface area (Å²) in [6, 6.07) is 6.39. The van der Waals surface area contributed by atoms with E-state index >= 15 is 0 Å². The Hall–Kier alpha value is -2.69. The molecular formula is C18H21N5. The molecule has 1 aromatic carbocycles. The third-order valence-corrected chi connectivity index (χ3v) is 3.90. The Morgan fingerprint density at radius 3 is 2.91 bits per heavy atom. The van der Waals surface area contributed by atoms with Crippen LogP contribution in [0.15, 0.2) is 30.6 Å². The highest BCUT2D eigenvalue weighted by molar-refractivity contribution is 5.84. The van der Waals surface area contributed by atoms with Crippen LogP contribution in [0.3, 0.4) is 0 Å². The van der Waals surface area contributed by atoms with Gasteiger partial charge < -0.3 is 10.4 Å². The van der Waals surface area contributed by atoms with E-state index in [2.05, 4.69) is 45.0 Å². The summed E-state index contributed by atoms with van der Waals surface area (Å²) in [5, 5.41) is 10.8. The Morgan fingerprint density at radius 1 is 1.30 bits per heavy atom. The van der Waals surface area contributed by atoms with Gasteiger partial charge in [-0.2, -0.15) is 5.10 Å². The van der Waals surface area contributed by atoms with E-state index in [1.165, 1.54) is 29.5 Å². The van der Waals surface area contributed by atoms with Gasteiger partial charge in [0, 0.05) is 17.8 Å². The summed E-state index contributed by atoms with van der Waals surface area (Å²) >= 11 is 0. The van der Waals surface area contributed by atoms with Crippen LogP contribution in [0.25, 0.3) is 28.2 Å². The zero-order chi connectivity index (χ0) is 16.2. The molecule has 0 aliphatic carbocycles. The molecule has 2 aromatic heterocycles. The van der Waals surface area contributed by atoms with Gasteiger partial charge in [0.2, 0.25) is 0 Å². The lowest BCUT2D eigenvalue weighted by Gasteiger charge is -2.03. The number of rotatable bonds is 2. The SMILES string of the molecule is C/C=C/c1nn2c(c1-c1ccc3nc[nH]c3c1)CCC2.CC=N. The number of aromatic nitrogens is 4.